The Balaban J connectivity index is 2.44. The first kappa shape index (κ1) is 12.7. The SMILES string of the molecule is COc1ccc2cc3c(Cl)c(C=O)c(=O)oc3cc2c1. The van der Waals surface area contributed by atoms with Crippen LogP contribution >= 0.6 is 11.6 Å². The van der Waals surface area contributed by atoms with E-state index in [0.717, 1.165) is 10.8 Å². The highest BCUT2D eigenvalue weighted by molar-refractivity contribution is 6.37. The van der Waals surface area contributed by atoms with E-state index in [1.807, 2.05) is 18.2 Å². The van der Waals surface area contributed by atoms with E-state index in [1.54, 1.807) is 19.2 Å². The van der Waals surface area contributed by atoms with E-state index >= 15 is 0 Å². The molecule has 1 aromatic heterocycles. The van der Waals surface area contributed by atoms with E-state index in [9.17, 15) is 9.59 Å². The Hall–Kier alpha value is -2.33. The van der Waals surface area contributed by atoms with Gasteiger partial charge in [-0.1, -0.05) is 17.7 Å². The number of fused-ring (bicyclic) bond motifs is 2. The van der Waals surface area contributed by atoms with Crippen molar-refractivity contribution in [3.05, 3.63) is 51.3 Å². The van der Waals surface area contributed by atoms with Gasteiger partial charge in [-0.3, -0.25) is 4.79 Å². The molecule has 0 atom stereocenters. The quantitative estimate of drug-likeness (QED) is 0.412. The fourth-order valence-corrected chi connectivity index (χ4v) is 2.40. The van der Waals surface area contributed by atoms with Crippen LogP contribution in [0, 0.1) is 0 Å². The van der Waals surface area contributed by atoms with Gasteiger partial charge >= 0.3 is 5.63 Å². The van der Waals surface area contributed by atoms with Crippen molar-refractivity contribution in [2.45, 2.75) is 0 Å². The van der Waals surface area contributed by atoms with Gasteiger partial charge in [0, 0.05) is 5.39 Å². The van der Waals surface area contributed by atoms with Crippen molar-refractivity contribution in [3.8, 4) is 5.75 Å². The van der Waals surface area contributed by atoms with Crippen LogP contribution < -0.4 is 10.4 Å². The monoisotopic (exact) mass is 288 g/mol. The van der Waals surface area contributed by atoms with Crippen LogP contribution in [0.5, 0.6) is 5.75 Å². The molecule has 4 nitrogen and oxygen atoms in total. The van der Waals surface area contributed by atoms with Gasteiger partial charge in [-0.25, -0.2) is 4.79 Å². The van der Waals surface area contributed by atoms with Gasteiger partial charge in [0.25, 0.3) is 0 Å². The maximum absolute atomic E-state index is 11.6. The molecular formula is C15H9ClO4. The normalized spacial score (nSPS) is 10.9. The number of carbonyl (C=O) groups excluding carboxylic acids is 1. The summed E-state index contributed by atoms with van der Waals surface area (Å²) in [6, 6.07) is 9.01. The van der Waals surface area contributed by atoms with Gasteiger partial charge in [-0.2, -0.15) is 0 Å². The number of aldehydes is 1. The summed E-state index contributed by atoms with van der Waals surface area (Å²) in [6.07, 6.45) is 0.409. The van der Waals surface area contributed by atoms with E-state index in [1.165, 1.54) is 0 Å². The Labute approximate surface area is 118 Å². The number of halogens is 1. The molecule has 1 heterocycles. The zero-order valence-electron chi connectivity index (χ0n) is 10.5. The molecule has 0 unspecified atom stereocenters. The van der Waals surface area contributed by atoms with Crippen LogP contribution in [0.2, 0.25) is 5.02 Å². The largest absolute Gasteiger partial charge is 0.497 e. The molecule has 3 rings (SSSR count). The van der Waals surface area contributed by atoms with Gasteiger partial charge in [0.2, 0.25) is 0 Å². The summed E-state index contributed by atoms with van der Waals surface area (Å²) in [4.78, 5) is 22.5. The Bertz CT molecular complexity index is 896. The van der Waals surface area contributed by atoms with E-state index in [4.69, 9.17) is 20.8 Å². The predicted octanol–water partition coefficient (Wildman–Crippen LogP) is 3.42. The number of benzene rings is 2. The average Bonchev–Trinajstić information content (AvgIpc) is 2.45. The summed E-state index contributed by atoms with van der Waals surface area (Å²) >= 11 is 6.09. The third kappa shape index (κ3) is 1.85. The molecule has 0 amide bonds. The first-order chi connectivity index (χ1) is 9.63. The lowest BCUT2D eigenvalue weighted by molar-refractivity contribution is 0.112. The van der Waals surface area contributed by atoms with Crippen molar-refractivity contribution < 1.29 is 13.9 Å². The van der Waals surface area contributed by atoms with Crippen LogP contribution in [0.25, 0.3) is 21.7 Å². The number of rotatable bonds is 2. The molecule has 0 N–H and O–H groups in total. The van der Waals surface area contributed by atoms with Crippen LogP contribution in [0.3, 0.4) is 0 Å². The molecule has 2 aromatic carbocycles. The molecule has 5 heteroatoms. The summed E-state index contributed by atoms with van der Waals surface area (Å²) in [6.45, 7) is 0. The van der Waals surface area contributed by atoms with Gasteiger partial charge in [0.1, 0.15) is 16.9 Å². The van der Waals surface area contributed by atoms with Gasteiger partial charge in [-0.15, -0.1) is 0 Å². The highest BCUT2D eigenvalue weighted by Gasteiger charge is 2.13. The molecule has 0 saturated heterocycles. The average molecular weight is 289 g/mol. The van der Waals surface area contributed by atoms with Crippen LogP contribution in [0.4, 0.5) is 0 Å². The number of hydrogen-bond acceptors (Lipinski definition) is 4. The standard InChI is InChI=1S/C15H9ClO4/c1-19-10-3-2-8-5-11-13(6-9(8)4-10)20-15(18)12(7-17)14(11)16/h2-7H,1H3. The minimum atomic E-state index is -0.736. The Kier molecular flexibility index (Phi) is 2.95. The van der Waals surface area contributed by atoms with Crippen LogP contribution in [-0.4, -0.2) is 13.4 Å². The molecule has 0 aliphatic heterocycles. The minimum Gasteiger partial charge on any atom is -0.497 e. The van der Waals surface area contributed by atoms with Crippen molar-refractivity contribution in [2.24, 2.45) is 0 Å². The van der Waals surface area contributed by atoms with Gasteiger partial charge in [0.05, 0.1) is 12.1 Å². The number of methoxy groups -OCH3 is 1. The summed E-state index contributed by atoms with van der Waals surface area (Å²) in [5.74, 6) is 0.704. The van der Waals surface area contributed by atoms with Gasteiger partial charge < -0.3 is 9.15 Å². The Morgan fingerprint density at radius 1 is 1.20 bits per heavy atom. The van der Waals surface area contributed by atoms with Crippen molar-refractivity contribution in [1.82, 2.24) is 0 Å². The second kappa shape index (κ2) is 4.65. The molecule has 0 aliphatic carbocycles. The summed E-state index contributed by atoms with van der Waals surface area (Å²) < 4.78 is 10.3. The Morgan fingerprint density at radius 2 is 2.00 bits per heavy atom. The van der Waals surface area contributed by atoms with Gasteiger partial charge in [-0.05, 0) is 35.0 Å². The van der Waals surface area contributed by atoms with E-state index in [2.05, 4.69) is 0 Å². The molecule has 0 radical (unpaired) electrons. The molecule has 0 fully saturated rings. The molecular weight excluding hydrogens is 280 g/mol. The lowest BCUT2D eigenvalue weighted by Gasteiger charge is -2.06. The topological polar surface area (TPSA) is 56.5 Å². The summed E-state index contributed by atoms with van der Waals surface area (Å²) in [5, 5.41) is 2.41. The van der Waals surface area contributed by atoms with Crippen molar-refractivity contribution in [1.29, 1.82) is 0 Å². The molecule has 0 saturated carbocycles. The molecule has 3 aromatic rings. The first-order valence-corrected chi connectivity index (χ1v) is 6.21. The maximum atomic E-state index is 11.6. The van der Waals surface area contributed by atoms with E-state index in [0.29, 0.717) is 23.0 Å². The molecule has 20 heavy (non-hydrogen) atoms. The first-order valence-electron chi connectivity index (χ1n) is 5.83. The van der Waals surface area contributed by atoms with Crippen molar-refractivity contribution in [2.75, 3.05) is 7.11 Å². The highest BCUT2D eigenvalue weighted by atomic mass is 35.5. The summed E-state index contributed by atoms with van der Waals surface area (Å²) in [7, 11) is 1.58. The second-order valence-corrected chi connectivity index (χ2v) is 4.67. The fraction of sp³-hybridized carbons (Fsp3) is 0.0667. The Morgan fingerprint density at radius 3 is 2.70 bits per heavy atom. The van der Waals surface area contributed by atoms with Crippen molar-refractivity contribution >= 4 is 39.6 Å². The lowest BCUT2D eigenvalue weighted by Crippen LogP contribution is -2.07. The third-order valence-corrected chi connectivity index (χ3v) is 3.57. The highest BCUT2D eigenvalue weighted by Crippen LogP contribution is 2.30. The maximum Gasteiger partial charge on any atom is 0.348 e. The number of ether oxygens (including phenoxy) is 1. The number of hydrogen-bond donors (Lipinski definition) is 0. The smallest absolute Gasteiger partial charge is 0.348 e. The zero-order chi connectivity index (χ0) is 14.3. The van der Waals surface area contributed by atoms with Gasteiger partial charge in [0.15, 0.2) is 6.29 Å². The molecule has 0 bridgehead atoms. The zero-order valence-corrected chi connectivity index (χ0v) is 11.2. The van der Waals surface area contributed by atoms with Crippen LogP contribution in [-0.2, 0) is 0 Å². The van der Waals surface area contributed by atoms with E-state index in [-0.39, 0.29) is 10.6 Å². The summed E-state index contributed by atoms with van der Waals surface area (Å²) in [5.41, 5.74) is -0.557. The predicted molar refractivity (Wildman–Crippen MR) is 76.9 cm³/mol. The molecule has 0 spiro atoms. The second-order valence-electron chi connectivity index (χ2n) is 4.30. The minimum absolute atomic E-state index is 0.115. The molecule has 0 aliphatic rings. The lowest BCUT2D eigenvalue weighted by atomic mass is 10.1. The fourth-order valence-electron chi connectivity index (χ4n) is 2.13. The van der Waals surface area contributed by atoms with Crippen molar-refractivity contribution in [3.63, 3.8) is 0 Å². The van der Waals surface area contributed by atoms with E-state index < -0.39 is 5.63 Å². The van der Waals surface area contributed by atoms with Crippen LogP contribution in [0.1, 0.15) is 10.4 Å². The molecule has 100 valence electrons. The van der Waals surface area contributed by atoms with Crippen LogP contribution in [0.15, 0.2) is 39.5 Å². The number of carbonyl (C=O) groups is 1. The third-order valence-electron chi connectivity index (χ3n) is 3.16.